The van der Waals surface area contributed by atoms with Crippen LogP contribution in [0.15, 0.2) is 18.2 Å². The lowest BCUT2D eigenvalue weighted by Crippen LogP contribution is -2.44. The molecule has 6 nitrogen and oxygen atoms in total. The van der Waals surface area contributed by atoms with Crippen molar-refractivity contribution in [1.29, 1.82) is 0 Å². The number of halogens is 5. The minimum absolute atomic E-state index is 0.0859. The van der Waals surface area contributed by atoms with Crippen molar-refractivity contribution < 1.29 is 27.1 Å². The molecule has 2 heterocycles. The number of piperidine rings is 1. The monoisotopic (exact) mass is 417 g/mol. The molecule has 0 saturated carbocycles. The molecule has 0 aliphatic carbocycles. The summed E-state index contributed by atoms with van der Waals surface area (Å²) in [6.07, 6.45) is -5.44. The zero-order valence-corrected chi connectivity index (χ0v) is 15.5. The van der Waals surface area contributed by atoms with E-state index in [1.165, 1.54) is 0 Å². The molecule has 0 radical (unpaired) electrons. The molecule has 11 heteroatoms. The largest absolute Gasteiger partial charge is 0.507 e. The van der Waals surface area contributed by atoms with E-state index in [-0.39, 0.29) is 29.8 Å². The number of hydrogen-bond donors (Lipinski definition) is 2. The predicted molar refractivity (Wildman–Crippen MR) is 95.8 cm³/mol. The lowest BCUT2D eigenvalue weighted by Gasteiger charge is -2.32. The number of anilines is 1. The van der Waals surface area contributed by atoms with E-state index in [0.717, 1.165) is 25.0 Å². The van der Waals surface area contributed by atoms with Crippen LogP contribution in [-0.2, 0) is 6.18 Å². The van der Waals surface area contributed by atoms with Gasteiger partial charge >= 0.3 is 6.18 Å². The van der Waals surface area contributed by atoms with Crippen molar-refractivity contribution in [3.05, 3.63) is 29.5 Å². The van der Waals surface area contributed by atoms with Crippen molar-refractivity contribution in [2.45, 2.75) is 38.4 Å². The standard InChI is InChI=1S/C18H20F5N5O/c1-10-16(13-5-4-11(7-14(13)29)18(21,22)23)26-27-17(24-10)25-12-3-2-6-28(8-12)9-15(19)20/h4-5,7,12,15,29H,2-3,6,8-9H2,1H3,(H,24,25,27)/t12-/m1/s1. The predicted octanol–water partition coefficient (Wildman–Crippen LogP) is 3.71. The molecule has 29 heavy (non-hydrogen) atoms. The first-order valence-corrected chi connectivity index (χ1v) is 9.02. The number of nitrogens with zero attached hydrogens (tertiary/aromatic N) is 4. The van der Waals surface area contributed by atoms with Crippen LogP contribution in [0.2, 0.25) is 0 Å². The molecule has 1 aromatic carbocycles. The van der Waals surface area contributed by atoms with Crippen molar-refractivity contribution >= 4 is 5.95 Å². The highest BCUT2D eigenvalue weighted by atomic mass is 19.4. The molecule has 0 bridgehead atoms. The Morgan fingerprint density at radius 2 is 2.03 bits per heavy atom. The Morgan fingerprint density at radius 1 is 1.28 bits per heavy atom. The number of phenols is 1. The van der Waals surface area contributed by atoms with Gasteiger partial charge in [-0.05, 0) is 44.5 Å². The molecule has 1 aliphatic heterocycles. The number of hydrogen-bond acceptors (Lipinski definition) is 6. The number of benzene rings is 1. The van der Waals surface area contributed by atoms with Crippen molar-refractivity contribution in [2.24, 2.45) is 0 Å². The van der Waals surface area contributed by atoms with Crippen LogP contribution in [0, 0.1) is 6.92 Å². The fraction of sp³-hybridized carbons (Fsp3) is 0.500. The third-order valence-electron chi connectivity index (χ3n) is 4.68. The number of aryl methyl sites for hydroxylation is 1. The maximum Gasteiger partial charge on any atom is 0.416 e. The topological polar surface area (TPSA) is 74.2 Å². The lowest BCUT2D eigenvalue weighted by molar-refractivity contribution is -0.137. The molecule has 0 amide bonds. The normalized spacial score (nSPS) is 18.2. The number of alkyl halides is 5. The Hall–Kier alpha value is -2.56. The molecule has 2 aromatic rings. The minimum atomic E-state index is -4.57. The summed E-state index contributed by atoms with van der Waals surface area (Å²) in [6.45, 7) is 2.33. The molecule has 2 N–H and O–H groups in total. The van der Waals surface area contributed by atoms with Crippen LogP contribution in [0.5, 0.6) is 5.75 Å². The van der Waals surface area contributed by atoms with Crippen molar-refractivity contribution in [1.82, 2.24) is 20.1 Å². The number of aromatic nitrogens is 3. The van der Waals surface area contributed by atoms with Gasteiger partial charge in [0.05, 0.1) is 17.8 Å². The van der Waals surface area contributed by atoms with Gasteiger partial charge in [0.2, 0.25) is 5.95 Å². The molecule has 158 valence electrons. The van der Waals surface area contributed by atoms with E-state index >= 15 is 0 Å². The van der Waals surface area contributed by atoms with Crippen molar-refractivity contribution in [2.75, 3.05) is 25.0 Å². The number of phenolic OH excluding ortho intramolecular Hbond substituents is 1. The van der Waals surface area contributed by atoms with E-state index in [9.17, 15) is 27.1 Å². The van der Waals surface area contributed by atoms with E-state index < -0.39 is 23.9 Å². The summed E-state index contributed by atoms with van der Waals surface area (Å²) in [4.78, 5) is 5.92. The Balaban J connectivity index is 1.74. The van der Waals surface area contributed by atoms with E-state index in [2.05, 4.69) is 20.5 Å². The van der Waals surface area contributed by atoms with Gasteiger partial charge in [0.25, 0.3) is 6.43 Å². The summed E-state index contributed by atoms with van der Waals surface area (Å²) in [5.74, 6) is -0.379. The maximum atomic E-state index is 12.7. The van der Waals surface area contributed by atoms with Gasteiger partial charge in [-0.1, -0.05) is 0 Å². The Morgan fingerprint density at radius 3 is 2.66 bits per heavy atom. The Bertz CT molecular complexity index is 861. The molecule has 1 fully saturated rings. The number of aromatic hydroxyl groups is 1. The van der Waals surface area contributed by atoms with E-state index in [4.69, 9.17) is 0 Å². The molecule has 1 atom stereocenters. The van der Waals surface area contributed by atoms with Gasteiger partial charge in [-0.25, -0.2) is 13.8 Å². The van der Waals surface area contributed by atoms with Crippen molar-refractivity contribution in [3.63, 3.8) is 0 Å². The Kier molecular flexibility index (Phi) is 6.15. The first-order valence-electron chi connectivity index (χ1n) is 9.02. The van der Waals surface area contributed by atoms with Gasteiger partial charge in [-0.2, -0.15) is 13.2 Å². The highest BCUT2D eigenvalue weighted by Gasteiger charge is 2.31. The molecule has 3 rings (SSSR count). The van der Waals surface area contributed by atoms with Gasteiger partial charge < -0.3 is 10.4 Å². The average molecular weight is 417 g/mol. The van der Waals surface area contributed by atoms with E-state index in [0.29, 0.717) is 24.8 Å². The number of likely N-dealkylation sites (tertiary alicyclic amines) is 1. The molecule has 1 aromatic heterocycles. The average Bonchev–Trinajstić information content (AvgIpc) is 2.61. The fourth-order valence-corrected chi connectivity index (χ4v) is 3.34. The molecular weight excluding hydrogens is 397 g/mol. The highest BCUT2D eigenvalue weighted by Crippen LogP contribution is 2.36. The first kappa shape index (κ1) is 21.2. The quantitative estimate of drug-likeness (QED) is 0.723. The SMILES string of the molecule is Cc1nc(N[C@@H]2CCCN(CC(F)F)C2)nnc1-c1ccc(C(F)(F)F)cc1O. The molecule has 0 spiro atoms. The molecule has 0 unspecified atom stereocenters. The van der Waals surface area contributed by atoms with Crippen LogP contribution in [0.1, 0.15) is 24.1 Å². The molecular formula is C18H20F5N5O. The van der Waals surface area contributed by atoms with E-state index in [1.807, 2.05) is 0 Å². The molecule has 1 aliphatic rings. The van der Waals surface area contributed by atoms with Gasteiger partial charge in [-0.3, -0.25) is 4.90 Å². The summed E-state index contributed by atoms with van der Waals surface area (Å²) in [6, 6.07) is 2.48. The van der Waals surface area contributed by atoms with Crippen LogP contribution >= 0.6 is 0 Å². The number of nitrogens with one attached hydrogen (secondary N) is 1. The third kappa shape index (κ3) is 5.28. The van der Waals surface area contributed by atoms with Crippen LogP contribution in [0.3, 0.4) is 0 Å². The summed E-state index contributed by atoms with van der Waals surface area (Å²) in [7, 11) is 0. The maximum absolute atomic E-state index is 12.7. The molecule has 1 saturated heterocycles. The van der Waals surface area contributed by atoms with Gasteiger partial charge in [0, 0.05) is 18.2 Å². The second-order valence-electron chi connectivity index (χ2n) is 6.93. The van der Waals surface area contributed by atoms with Crippen molar-refractivity contribution in [3.8, 4) is 17.0 Å². The van der Waals surface area contributed by atoms with Crippen LogP contribution < -0.4 is 5.32 Å². The van der Waals surface area contributed by atoms with Crippen LogP contribution in [0.4, 0.5) is 27.9 Å². The third-order valence-corrected chi connectivity index (χ3v) is 4.68. The second kappa shape index (κ2) is 8.44. The first-order chi connectivity index (χ1) is 13.6. The summed E-state index contributed by atoms with van der Waals surface area (Å²) >= 11 is 0. The van der Waals surface area contributed by atoms with Crippen LogP contribution in [0.25, 0.3) is 11.3 Å². The summed E-state index contributed by atoms with van der Waals surface area (Å²) in [5, 5.41) is 21.0. The van der Waals surface area contributed by atoms with Crippen LogP contribution in [-0.4, -0.2) is 57.3 Å². The van der Waals surface area contributed by atoms with Gasteiger partial charge in [-0.15, -0.1) is 10.2 Å². The second-order valence-corrected chi connectivity index (χ2v) is 6.93. The van der Waals surface area contributed by atoms with Gasteiger partial charge in [0.1, 0.15) is 11.4 Å². The number of rotatable bonds is 5. The van der Waals surface area contributed by atoms with E-state index in [1.54, 1.807) is 11.8 Å². The summed E-state index contributed by atoms with van der Waals surface area (Å²) in [5.41, 5.74) is -0.369. The Labute approximate surface area is 163 Å². The zero-order chi connectivity index (χ0) is 21.2. The fourth-order valence-electron chi connectivity index (χ4n) is 3.34. The highest BCUT2D eigenvalue weighted by molar-refractivity contribution is 5.69. The summed E-state index contributed by atoms with van der Waals surface area (Å²) < 4.78 is 63.4. The zero-order valence-electron chi connectivity index (χ0n) is 15.5. The minimum Gasteiger partial charge on any atom is -0.507 e. The smallest absolute Gasteiger partial charge is 0.416 e. The lowest BCUT2D eigenvalue weighted by atomic mass is 10.1. The van der Waals surface area contributed by atoms with Gasteiger partial charge in [0.15, 0.2) is 0 Å².